The lowest BCUT2D eigenvalue weighted by Crippen LogP contribution is -2.11. The standard InChI is InChI=1S/C14H24O3/c15-11-13-9-6-8-12(13)7-4-2-1-3-5-10-14(16)17/h6,9,12-13,15H,1-5,7-8,10-11H2,(H,16,17)/t12-,13+/m1/s1. The van der Waals surface area contributed by atoms with E-state index in [0.717, 1.165) is 25.7 Å². The number of carbonyl (C=O) groups is 1. The number of aliphatic carboxylic acids is 1. The van der Waals surface area contributed by atoms with Gasteiger partial charge < -0.3 is 10.2 Å². The summed E-state index contributed by atoms with van der Waals surface area (Å²) in [7, 11) is 0. The van der Waals surface area contributed by atoms with E-state index in [1.165, 1.54) is 19.3 Å². The summed E-state index contributed by atoms with van der Waals surface area (Å²) in [4.78, 5) is 10.3. The van der Waals surface area contributed by atoms with Crippen molar-refractivity contribution in [2.45, 2.75) is 51.4 Å². The first-order valence-electron chi connectivity index (χ1n) is 6.73. The molecule has 98 valence electrons. The van der Waals surface area contributed by atoms with Gasteiger partial charge in [-0.1, -0.05) is 37.8 Å². The summed E-state index contributed by atoms with van der Waals surface area (Å²) < 4.78 is 0. The van der Waals surface area contributed by atoms with Crippen LogP contribution in [0.5, 0.6) is 0 Å². The van der Waals surface area contributed by atoms with Crippen LogP contribution in [0.15, 0.2) is 12.2 Å². The third-order valence-electron chi connectivity index (χ3n) is 3.60. The Balaban J connectivity index is 1.92. The molecule has 3 nitrogen and oxygen atoms in total. The molecule has 0 saturated carbocycles. The Hall–Kier alpha value is -0.830. The molecule has 17 heavy (non-hydrogen) atoms. The fourth-order valence-corrected chi connectivity index (χ4v) is 2.52. The molecule has 0 aromatic carbocycles. The summed E-state index contributed by atoms with van der Waals surface area (Å²) in [5.41, 5.74) is 0. The van der Waals surface area contributed by atoms with Crippen molar-refractivity contribution in [3.05, 3.63) is 12.2 Å². The van der Waals surface area contributed by atoms with E-state index in [1.54, 1.807) is 0 Å². The molecule has 0 amide bonds. The van der Waals surface area contributed by atoms with Gasteiger partial charge in [0.1, 0.15) is 0 Å². The predicted molar refractivity (Wildman–Crippen MR) is 67.8 cm³/mol. The molecule has 0 spiro atoms. The predicted octanol–water partition coefficient (Wildman–Crippen LogP) is 2.99. The van der Waals surface area contributed by atoms with Crippen LogP contribution in [0.4, 0.5) is 0 Å². The van der Waals surface area contributed by atoms with Crippen molar-refractivity contribution < 1.29 is 15.0 Å². The molecular weight excluding hydrogens is 216 g/mol. The maximum atomic E-state index is 10.3. The van der Waals surface area contributed by atoms with Crippen molar-refractivity contribution in [2.75, 3.05) is 6.61 Å². The van der Waals surface area contributed by atoms with Crippen LogP contribution in [0, 0.1) is 11.8 Å². The van der Waals surface area contributed by atoms with Crippen LogP contribution in [0.25, 0.3) is 0 Å². The third-order valence-corrected chi connectivity index (χ3v) is 3.60. The van der Waals surface area contributed by atoms with Crippen molar-refractivity contribution in [3.8, 4) is 0 Å². The molecule has 0 bridgehead atoms. The maximum Gasteiger partial charge on any atom is 0.303 e. The lowest BCUT2D eigenvalue weighted by Gasteiger charge is -2.16. The number of aliphatic hydroxyl groups excluding tert-OH is 1. The van der Waals surface area contributed by atoms with Gasteiger partial charge in [-0.3, -0.25) is 4.79 Å². The normalized spacial score (nSPS) is 23.1. The van der Waals surface area contributed by atoms with Crippen molar-refractivity contribution in [2.24, 2.45) is 11.8 Å². The molecule has 0 aromatic rings. The minimum atomic E-state index is -0.687. The number of hydrogen-bond donors (Lipinski definition) is 2. The van der Waals surface area contributed by atoms with E-state index in [-0.39, 0.29) is 6.61 Å². The SMILES string of the molecule is O=C(O)CCCCCCC[C@@H]1CC=C[C@H]1CO. The van der Waals surface area contributed by atoms with Gasteiger partial charge in [0.05, 0.1) is 0 Å². The molecule has 0 radical (unpaired) electrons. The minimum absolute atomic E-state index is 0.278. The van der Waals surface area contributed by atoms with Crippen molar-refractivity contribution in [3.63, 3.8) is 0 Å². The molecule has 0 aliphatic heterocycles. The summed E-state index contributed by atoms with van der Waals surface area (Å²) >= 11 is 0. The van der Waals surface area contributed by atoms with Crippen LogP contribution in [-0.2, 0) is 4.79 Å². The molecule has 0 unspecified atom stereocenters. The zero-order valence-electron chi connectivity index (χ0n) is 10.5. The van der Waals surface area contributed by atoms with Crippen LogP contribution in [0.1, 0.15) is 51.4 Å². The number of allylic oxidation sites excluding steroid dienone is 1. The Bertz CT molecular complexity index is 248. The molecule has 1 aliphatic rings. The summed E-state index contributed by atoms with van der Waals surface area (Å²) in [6.45, 7) is 0.278. The number of carboxylic acid groups (broad SMARTS) is 1. The quantitative estimate of drug-likeness (QED) is 0.481. The highest BCUT2D eigenvalue weighted by molar-refractivity contribution is 5.66. The summed E-state index contributed by atoms with van der Waals surface area (Å²) in [6.07, 6.45) is 12.3. The van der Waals surface area contributed by atoms with Crippen LogP contribution >= 0.6 is 0 Å². The lowest BCUT2D eigenvalue weighted by molar-refractivity contribution is -0.137. The lowest BCUT2D eigenvalue weighted by atomic mass is 9.90. The first-order chi connectivity index (χ1) is 8.24. The van der Waals surface area contributed by atoms with Gasteiger partial charge in [0.15, 0.2) is 0 Å². The number of aliphatic hydroxyl groups is 1. The molecule has 0 fully saturated rings. The zero-order valence-corrected chi connectivity index (χ0v) is 10.5. The Morgan fingerprint density at radius 2 is 1.88 bits per heavy atom. The molecule has 1 rings (SSSR count). The van der Waals surface area contributed by atoms with Gasteiger partial charge in [-0.25, -0.2) is 0 Å². The Morgan fingerprint density at radius 1 is 1.18 bits per heavy atom. The first-order valence-corrected chi connectivity index (χ1v) is 6.73. The summed E-state index contributed by atoms with van der Waals surface area (Å²) in [5, 5.41) is 17.6. The molecular formula is C14H24O3. The molecule has 0 aromatic heterocycles. The molecule has 2 N–H and O–H groups in total. The highest BCUT2D eigenvalue weighted by atomic mass is 16.4. The zero-order chi connectivity index (χ0) is 12.5. The van der Waals surface area contributed by atoms with Crippen LogP contribution in [0.3, 0.4) is 0 Å². The van der Waals surface area contributed by atoms with Crippen LogP contribution < -0.4 is 0 Å². The van der Waals surface area contributed by atoms with Crippen molar-refractivity contribution in [1.82, 2.24) is 0 Å². The first kappa shape index (κ1) is 14.2. The fraction of sp³-hybridized carbons (Fsp3) is 0.786. The molecule has 0 heterocycles. The molecule has 3 heteroatoms. The van der Waals surface area contributed by atoms with Crippen molar-refractivity contribution >= 4 is 5.97 Å². The van der Waals surface area contributed by atoms with E-state index in [4.69, 9.17) is 10.2 Å². The second-order valence-electron chi connectivity index (χ2n) is 4.97. The van der Waals surface area contributed by atoms with E-state index >= 15 is 0 Å². The Labute approximate surface area is 104 Å². The average Bonchev–Trinajstić information content (AvgIpc) is 2.74. The number of hydrogen-bond acceptors (Lipinski definition) is 2. The molecule has 2 atom stereocenters. The van der Waals surface area contributed by atoms with Gasteiger partial charge in [0.2, 0.25) is 0 Å². The Morgan fingerprint density at radius 3 is 2.59 bits per heavy atom. The largest absolute Gasteiger partial charge is 0.481 e. The molecule has 1 aliphatic carbocycles. The maximum absolute atomic E-state index is 10.3. The van der Waals surface area contributed by atoms with E-state index < -0.39 is 5.97 Å². The second-order valence-corrected chi connectivity index (χ2v) is 4.97. The van der Waals surface area contributed by atoms with E-state index in [2.05, 4.69) is 12.2 Å². The van der Waals surface area contributed by atoms with Gasteiger partial charge in [0.25, 0.3) is 0 Å². The summed E-state index contributed by atoms with van der Waals surface area (Å²) in [5.74, 6) is 0.328. The highest BCUT2D eigenvalue weighted by Crippen LogP contribution is 2.29. The fourth-order valence-electron chi connectivity index (χ4n) is 2.52. The monoisotopic (exact) mass is 240 g/mol. The summed E-state index contributed by atoms with van der Waals surface area (Å²) in [6, 6.07) is 0. The van der Waals surface area contributed by atoms with E-state index in [9.17, 15) is 4.79 Å². The van der Waals surface area contributed by atoms with Gasteiger partial charge in [0, 0.05) is 18.9 Å². The smallest absolute Gasteiger partial charge is 0.303 e. The van der Waals surface area contributed by atoms with Gasteiger partial charge in [-0.05, 0) is 25.2 Å². The van der Waals surface area contributed by atoms with Crippen molar-refractivity contribution in [1.29, 1.82) is 0 Å². The van der Waals surface area contributed by atoms with Gasteiger partial charge in [-0.15, -0.1) is 0 Å². The number of carboxylic acids is 1. The average molecular weight is 240 g/mol. The topological polar surface area (TPSA) is 57.5 Å². The van der Waals surface area contributed by atoms with Gasteiger partial charge in [-0.2, -0.15) is 0 Å². The number of rotatable bonds is 9. The van der Waals surface area contributed by atoms with E-state index in [1.807, 2.05) is 0 Å². The van der Waals surface area contributed by atoms with Crippen LogP contribution in [0.2, 0.25) is 0 Å². The third kappa shape index (κ3) is 5.87. The number of unbranched alkanes of at least 4 members (excludes halogenated alkanes) is 4. The molecule has 0 saturated heterocycles. The highest BCUT2D eigenvalue weighted by Gasteiger charge is 2.20. The Kier molecular flexibility index (Phi) is 6.94. The van der Waals surface area contributed by atoms with Gasteiger partial charge >= 0.3 is 5.97 Å². The van der Waals surface area contributed by atoms with E-state index in [0.29, 0.717) is 18.3 Å². The second kappa shape index (κ2) is 8.29. The van der Waals surface area contributed by atoms with Crippen LogP contribution in [-0.4, -0.2) is 22.8 Å². The minimum Gasteiger partial charge on any atom is -0.481 e.